The van der Waals surface area contributed by atoms with Gasteiger partial charge in [0.05, 0.1) is 0 Å². The molecule has 0 bridgehead atoms. The Hall–Kier alpha value is -1.56. The van der Waals surface area contributed by atoms with Crippen molar-refractivity contribution < 1.29 is 0 Å². The van der Waals surface area contributed by atoms with Crippen LogP contribution in [0, 0.1) is 47.3 Å². The van der Waals surface area contributed by atoms with Gasteiger partial charge in [-0.05, 0) is 46.7 Å². The summed E-state index contributed by atoms with van der Waals surface area (Å²) in [5, 5.41) is 0. The Morgan fingerprint density at radius 2 is 0.850 bits per heavy atom. The van der Waals surface area contributed by atoms with Crippen LogP contribution in [0.1, 0.15) is 0 Å². The molecular weight excluding hydrogens is 240 g/mol. The van der Waals surface area contributed by atoms with E-state index in [4.69, 9.17) is 0 Å². The minimum atomic E-state index is 0.696. The van der Waals surface area contributed by atoms with Crippen molar-refractivity contribution in [2.24, 2.45) is 47.3 Å². The van der Waals surface area contributed by atoms with Crippen molar-refractivity contribution in [1.29, 1.82) is 0 Å². The van der Waals surface area contributed by atoms with E-state index in [1.54, 1.807) is 11.1 Å². The van der Waals surface area contributed by atoms with Crippen LogP contribution in [0.15, 0.2) is 71.9 Å². The van der Waals surface area contributed by atoms with Gasteiger partial charge in [-0.25, -0.2) is 0 Å². The van der Waals surface area contributed by atoms with Crippen LogP contribution in [0.2, 0.25) is 0 Å². The van der Waals surface area contributed by atoms with Gasteiger partial charge in [-0.2, -0.15) is 0 Å². The summed E-state index contributed by atoms with van der Waals surface area (Å²) in [7, 11) is 0. The van der Waals surface area contributed by atoms with E-state index in [1.807, 2.05) is 0 Å². The van der Waals surface area contributed by atoms with E-state index in [0.717, 1.165) is 11.8 Å². The molecular formula is C20H18. The highest BCUT2D eigenvalue weighted by molar-refractivity contribution is 5.53. The molecule has 0 N–H and O–H groups in total. The van der Waals surface area contributed by atoms with E-state index in [-0.39, 0.29) is 0 Å². The van der Waals surface area contributed by atoms with Crippen molar-refractivity contribution in [2.45, 2.75) is 0 Å². The Morgan fingerprint density at radius 3 is 1.35 bits per heavy atom. The van der Waals surface area contributed by atoms with Crippen LogP contribution in [0.25, 0.3) is 0 Å². The van der Waals surface area contributed by atoms with Crippen molar-refractivity contribution in [3.8, 4) is 0 Å². The van der Waals surface area contributed by atoms with Crippen LogP contribution < -0.4 is 0 Å². The molecule has 0 aromatic heterocycles. The molecule has 0 saturated carbocycles. The fraction of sp³-hybridized carbons (Fsp3) is 0.400. The number of allylic oxidation sites excluding steroid dienone is 12. The van der Waals surface area contributed by atoms with Gasteiger partial charge in [0.1, 0.15) is 0 Å². The van der Waals surface area contributed by atoms with Gasteiger partial charge in [-0.1, -0.05) is 60.8 Å². The van der Waals surface area contributed by atoms with E-state index in [0.29, 0.717) is 35.5 Å². The van der Waals surface area contributed by atoms with Gasteiger partial charge in [0.15, 0.2) is 0 Å². The van der Waals surface area contributed by atoms with Gasteiger partial charge in [-0.3, -0.25) is 0 Å². The topological polar surface area (TPSA) is 0 Å². The van der Waals surface area contributed by atoms with E-state index < -0.39 is 0 Å². The first-order chi connectivity index (χ1) is 9.90. The monoisotopic (exact) mass is 258 g/mol. The van der Waals surface area contributed by atoms with Crippen molar-refractivity contribution in [3.05, 3.63) is 71.9 Å². The first-order valence-electron chi connectivity index (χ1n) is 8.07. The lowest BCUT2D eigenvalue weighted by atomic mass is 9.81. The zero-order valence-corrected chi connectivity index (χ0v) is 11.4. The van der Waals surface area contributed by atoms with Crippen molar-refractivity contribution in [2.75, 3.05) is 0 Å². The molecule has 6 aliphatic rings. The highest BCUT2D eigenvalue weighted by Crippen LogP contribution is 2.59. The highest BCUT2D eigenvalue weighted by Gasteiger charge is 2.50. The number of rotatable bonds is 1. The third kappa shape index (κ3) is 1.01. The van der Waals surface area contributed by atoms with E-state index in [1.165, 1.54) is 0 Å². The lowest BCUT2D eigenvalue weighted by Crippen LogP contribution is -2.16. The minimum Gasteiger partial charge on any atom is -0.0807 e. The van der Waals surface area contributed by atoms with Crippen LogP contribution in [-0.2, 0) is 0 Å². The number of hydrogen-bond donors (Lipinski definition) is 0. The predicted octanol–water partition coefficient (Wildman–Crippen LogP) is 4.08. The summed E-state index contributed by atoms with van der Waals surface area (Å²) in [6.45, 7) is 0. The molecule has 0 amide bonds. The third-order valence-corrected chi connectivity index (χ3v) is 6.60. The fourth-order valence-corrected chi connectivity index (χ4v) is 5.80. The Labute approximate surface area is 120 Å². The molecule has 6 rings (SSSR count). The SMILES string of the molecule is C1=C[C@@H]2C=C(C3=C[C@@H]4C=C[C@@H]5C=C[C@@H]3[C@H]54)[C@H]3C=C[C@@H]1[C@H]23. The highest BCUT2D eigenvalue weighted by atomic mass is 14.5. The van der Waals surface area contributed by atoms with Crippen LogP contribution >= 0.6 is 0 Å². The van der Waals surface area contributed by atoms with Crippen LogP contribution in [-0.4, -0.2) is 0 Å². The first-order valence-corrected chi connectivity index (χ1v) is 8.07. The lowest BCUT2D eigenvalue weighted by Gasteiger charge is -2.22. The molecule has 0 heterocycles. The zero-order chi connectivity index (χ0) is 12.8. The first kappa shape index (κ1) is 10.2. The second-order valence-electron chi connectivity index (χ2n) is 7.30. The molecule has 0 radical (unpaired) electrons. The predicted molar refractivity (Wildman–Crippen MR) is 80.6 cm³/mol. The van der Waals surface area contributed by atoms with E-state index in [9.17, 15) is 0 Å². The molecule has 0 nitrogen and oxygen atoms in total. The maximum Gasteiger partial charge on any atom is 0.00636 e. The van der Waals surface area contributed by atoms with Crippen molar-refractivity contribution >= 4 is 0 Å². The maximum absolute atomic E-state index is 2.59. The summed E-state index contributed by atoms with van der Waals surface area (Å²) in [6.07, 6.45) is 24.8. The van der Waals surface area contributed by atoms with Crippen LogP contribution in [0.5, 0.6) is 0 Å². The van der Waals surface area contributed by atoms with Crippen molar-refractivity contribution in [3.63, 3.8) is 0 Å². The zero-order valence-electron chi connectivity index (χ0n) is 11.4. The maximum atomic E-state index is 2.59. The standard InChI is InChI=1S/C20H18/c1-3-13-9-17(15-7-5-11(1)19(13)15)18-10-14-4-2-12-6-8-16(18)20(12)14/h1-16,19-20H/t11-,12-,13-,14+,15-,16+,19-,20-/m1/s1. The molecule has 0 unspecified atom stereocenters. The summed E-state index contributed by atoms with van der Waals surface area (Å²) < 4.78 is 0. The molecule has 6 aliphatic carbocycles. The van der Waals surface area contributed by atoms with E-state index >= 15 is 0 Å². The molecule has 8 atom stereocenters. The largest absolute Gasteiger partial charge is 0.0807 e. The van der Waals surface area contributed by atoms with Gasteiger partial charge in [0.25, 0.3) is 0 Å². The quantitative estimate of drug-likeness (QED) is 0.622. The summed E-state index contributed by atoms with van der Waals surface area (Å²) in [4.78, 5) is 0. The van der Waals surface area contributed by atoms with E-state index in [2.05, 4.69) is 60.8 Å². The van der Waals surface area contributed by atoms with Gasteiger partial charge in [0.2, 0.25) is 0 Å². The Bertz CT molecular complexity index is 621. The minimum absolute atomic E-state index is 0.696. The molecule has 0 spiro atoms. The molecule has 0 aromatic rings. The lowest BCUT2D eigenvalue weighted by molar-refractivity contribution is 0.398. The molecule has 0 heteroatoms. The van der Waals surface area contributed by atoms with Gasteiger partial charge in [-0.15, -0.1) is 0 Å². The normalized spacial score (nSPS) is 54.8. The van der Waals surface area contributed by atoms with Crippen molar-refractivity contribution in [1.82, 2.24) is 0 Å². The second kappa shape index (κ2) is 3.19. The van der Waals surface area contributed by atoms with Gasteiger partial charge < -0.3 is 0 Å². The molecule has 0 aromatic carbocycles. The average Bonchev–Trinajstić information content (AvgIpc) is 3.18. The second-order valence-corrected chi connectivity index (χ2v) is 7.30. The summed E-state index contributed by atoms with van der Waals surface area (Å²) >= 11 is 0. The smallest absolute Gasteiger partial charge is 0.00636 e. The molecule has 0 saturated heterocycles. The third-order valence-electron chi connectivity index (χ3n) is 6.60. The number of hydrogen-bond acceptors (Lipinski definition) is 0. The summed E-state index contributed by atoms with van der Waals surface area (Å²) in [5.74, 6) is 5.87. The molecule has 0 aliphatic heterocycles. The summed E-state index contributed by atoms with van der Waals surface area (Å²) in [5.41, 5.74) is 3.34. The van der Waals surface area contributed by atoms with Gasteiger partial charge in [0, 0.05) is 11.8 Å². The average molecular weight is 258 g/mol. The van der Waals surface area contributed by atoms with Gasteiger partial charge >= 0.3 is 0 Å². The molecule has 0 fully saturated rings. The Morgan fingerprint density at radius 1 is 0.450 bits per heavy atom. The Balaban J connectivity index is 1.47. The molecule has 20 heavy (non-hydrogen) atoms. The summed E-state index contributed by atoms with van der Waals surface area (Å²) in [6, 6.07) is 0. The fourth-order valence-electron chi connectivity index (χ4n) is 5.80. The van der Waals surface area contributed by atoms with Crippen LogP contribution in [0.4, 0.5) is 0 Å². The van der Waals surface area contributed by atoms with Crippen LogP contribution in [0.3, 0.4) is 0 Å². The Kier molecular flexibility index (Phi) is 1.63. The molecule has 98 valence electrons.